The molecule has 1 nitrogen and oxygen atoms in total. The lowest BCUT2D eigenvalue weighted by Crippen LogP contribution is -2.34. The second-order valence-corrected chi connectivity index (χ2v) is 6.61. The number of hydrogen-bond acceptors (Lipinski definition) is 2. The van der Waals surface area contributed by atoms with Gasteiger partial charge in [0, 0.05) is 21.9 Å². The Balaban J connectivity index is 1.78. The van der Waals surface area contributed by atoms with Gasteiger partial charge in [0.2, 0.25) is 0 Å². The topological polar surface area (TPSA) is 12.0 Å². The lowest BCUT2D eigenvalue weighted by Gasteiger charge is -2.28. The van der Waals surface area contributed by atoms with Crippen molar-refractivity contribution in [2.75, 3.05) is 0 Å². The molecule has 0 amide bonds. The van der Waals surface area contributed by atoms with E-state index >= 15 is 0 Å². The summed E-state index contributed by atoms with van der Waals surface area (Å²) in [5, 5.41) is 5.82. The lowest BCUT2D eigenvalue weighted by molar-refractivity contribution is 0.281. The Morgan fingerprint density at radius 3 is 2.81 bits per heavy atom. The average molecular weight is 302 g/mol. The molecule has 1 atom stereocenters. The van der Waals surface area contributed by atoms with E-state index in [1.165, 1.54) is 41.5 Å². The van der Waals surface area contributed by atoms with Crippen molar-refractivity contribution in [1.29, 1.82) is 0 Å². The third-order valence-electron chi connectivity index (χ3n) is 3.63. The van der Waals surface area contributed by atoms with Crippen molar-refractivity contribution in [2.45, 2.75) is 51.6 Å². The van der Waals surface area contributed by atoms with Gasteiger partial charge in [-0.3, -0.25) is 0 Å². The summed E-state index contributed by atoms with van der Waals surface area (Å²) in [6.45, 7) is 3.35. The molecule has 16 heavy (non-hydrogen) atoms. The third-order valence-corrected chi connectivity index (χ3v) is 5.56. The van der Waals surface area contributed by atoms with Gasteiger partial charge < -0.3 is 5.32 Å². The van der Waals surface area contributed by atoms with E-state index in [0.29, 0.717) is 6.04 Å². The molecule has 0 radical (unpaired) electrons. The second kappa shape index (κ2) is 6.18. The van der Waals surface area contributed by atoms with Crippen molar-refractivity contribution in [2.24, 2.45) is 5.92 Å². The van der Waals surface area contributed by atoms with Crippen molar-refractivity contribution in [3.05, 3.63) is 20.8 Å². The van der Waals surface area contributed by atoms with E-state index < -0.39 is 0 Å². The van der Waals surface area contributed by atoms with Crippen LogP contribution in [0.4, 0.5) is 0 Å². The van der Waals surface area contributed by atoms with Gasteiger partial charge in [0.25, 0.3) is 0 Å². The Kier molecular flexibility index (Phi) is 4.86. The fourth-order valence-corrected chi connectivity index (χ4v) is 3.95. The molecule has 90 valence electrons. The van der Waals surface area contributed by atoms with Gasteiger partial charge in [0.15, 0.2) is 0 Å². The number of hydrogen-bond donors (Lipinski definition) is 1. The van der Waals surface area contributed by atoms with Gasteiger partial charge in [-0.25, -0.2) is 0 Å². The largest absolute Gasteiger partial charge is 0.309 e. The first-order valence-corrected chi connectivity index (χ1v) is 7.90. The van der Waals surface area contributed by atoms with E-state index in [9.17, 15) is 0 Å². The van der Waals surface area contributed by atoms with Crippen LogP contribution in [-0.2, 0) is 6.54 Å². The van der Waals surface area contributed by atoms with Gasteiger partial charge in [0.05, 0.1) is 0 Å². The quantitative estimate of drug-likeness (QED) is 0.859. The van der Waals surface area contributed by atoms with Crippen LogP contribution in [0.2, 0.25) is 0 Å². The number of nitrogens with one attached hydrogen (secondary N) is 1. The summed E-state index contributed by atoms with van der Waals surface area (Å²) in [4.78, 5) is 1.42. The number of thiophene rings is 1. The maximum Gasteiger partial charge on any atom is 0.0327 e. The van der Waals surface area contributed by atoms with Crippen LogP contribution >= 0.6 is 27.3 Å². The maximum atomic E-state index is 3.68. The average Bonchev–Trinajstić information content (AvgIpc) is 2.73. The van der Waals surface area contributed by atoms with E-state index in [1.54, 1.807) is 0 Å². The highest BCUT2D eigenvalue weighted by Crippen LogP contribution is 2.27. The smallest absolute Gasteiger partial charge is 0.0327 e. The molecular formula is C13H20BrNS. The van der Waals surface area contributed by atoms with Gasteiger partial charge >= 0.3 is 0 Å². The Bertz CT molecular complexity index is 317. The van der Waals surface area contributed by atoms with Gasteiger partial charge in [0.1, 0.15) is 0 Å². The first-order valence-electron chi connectivity index (χ1n) is 6.22. The molecule has 1 saturated carbocycles. The predicted molar refractivity (Wildman–Crippen MR) is 74.9 cm³/mol. The Morgan fingerprint density at radius 1 is 1.44 bits per heavy atom. The normalized spacial score (nSPS) is 19.9. The zero-order chi connectivity index (χ0) is 11.4. The Morgan fingerprint density at radius 2 is 2.19 bits per heavy atom. The van der Waals surface area contributed by atoms with Crippen molar-refractivity contribution in [1.82, 2.24) is 5.32 Å². The first-order chi connectivity index (χ1) is 7.77. The van der Waals surface area contributed by atoms with Crippen LogP contribution in [0.15, 0.2) is 15.9 Å². The molecule has 0 unspecified atom stereocenters. The molecule has 2 rings (SSSR count). The van der Waals surface area contributed by atoms with Crippen LogP contribution in [0.25, 0.3) is 0 Å². The van der Waals surface area contributed by atoms with Crippen molar-refractivity contribution >= 4 is 27.3 Å². The van der Waals surface area contributed by atoms with E-state index in [1.807, 2.05) is 11.3 Å². The summed E-state index contributed by atoms with van der Waals surface area (Å²) in [7, 11) is 0. The predicted octanol–water partition coefficient (Wildman–Crippen LogP) is 4.57. The van der Waals surface area contributed by atoms with E-state index in [2.05, 4.69) is 39.6 Å². The zero-order valence-electron chi connectivity index (χ0n) is 9.84. The minimum atomic E-state index is 0.661. The summed E-state index contributed by atoms with van der Waals surface area (Å²) >= 11 is 5.41. The molecule has 1 fully saturated rings. The number of rotatable bonds is 4. The second-order valence-electron chi connectivity index (χ2n) is 4.76. The van der Waals surface area contributed by atoms with Crippen LogP contribution in [0.5, 0.6) is 0 Å². The molecule has 0 spiro atoms. The summed E-state index contributed by atoms with van der Waals surface area (Å²) in [6.07, 6.45) is 7.14. The third kappa shape index (κ3) is 3.31. The fraction of sp³-hybridized carbons (Fsp3) is 0.692. The highest BCUT2D eigenvalue weighted by Gasteiger charge is 2.19. The molecule has 0 bridgehead atoms. The molecule has 1 aromatic heterocycles. The number of halogens is 1. The fourth-order valence-electron chi connectivity index (χ4n) is 2.51. The molecule has 3 heteroatoms. The van der Waals surface area contributed by atoms with Crippen molar-refractivity contribution < 1.29 is 0 Å². The minimum Gasteiger partial charge on any atom is -0.309 e. The van der Waals surface area contributed by atoms with Crippen molar-refractivity contribution in [3.63, 3.8) is 0 Å². The molecule has 0 aliphatic heterocycles. The monoisotopic (exact) mass is 301 g/mol. The molecular weight excluding hydrogens is 282 g/mol. The van der Waals surface area contributed by atoms with Gasteiger partial charge in [-0.05, 0) is 53.1 Å². The summed E-state index contributed by atoms with van der Waals surface area (Å²) < 4.78 is 1.25. The molecule has 1 aliphatic carbocycles. The lowest BCUT2D eigenvalue weighted by atomic mass is 9.84. The molecule has 0 aromatic carbocycles. The Labute approximate surface area is 111 Å². The molecule has 1 aliphatic rings. The van der Waals surface area contributed by atoms with Crippen LogP contribution < -0.4 is 5.32 Å². The van der Waals surface area contributed by atoms with Crippen LogP contribution in [0, 0.1) is 5.92 Å². The van der Waals surface area contributed by atoms with Gasteiger partial charge in [-0.1, -0.05) is 19.3 Å². The first kappa shape index (κ1) is 12.6. The standard InChI is InChI=1S/C13H20BrNS/c1-10(11-5-3-2-4-6-11)15-9-13-12(14)7-8-16-13/h7-8,10-11,15H,2-6,9H2,1H3/t10-/m1/s1. The van der Waals surface area contributed by atoms with E-state index in [0.717, 1.165) is 12.5 Å². The SMILES string of the molecule is C[C@@H](NCc1sccc1Br)C1CCCCC1. The van der Waals surface area contributed by atoms with E-state index in [-0.39, 0.29) is 0 Å². The molecule has 1 N–H and O–H groups in total. The highest BCUT2D eigenvalue weighted by atomic mass is 79.9. The van der Waals surface area contributed by atoms with Crippen LogP contribution in [0.3, 0.4) is 0 Å². The summed E-state index contributed by atoms with van der Waals surface area (Å²) in [5.74, 6) is 0.896. The zero-order valence-corrected chi connectivity index (χ0v) is 12.2. The van der Waals surface area contributed by atoms with E-state index in [4.69, 9.17) is 0 Å². The Hall–Kier alpha value is 0.140. The van der Waals surface area contributed by atoms with Gasteiger partial charge in [-0.2, -0.15) is 0 Å². The molecule has 1 aromatic rings. The highest BCUT2D eigenvalue weighted by molar-refractivity contribution is 9.10. The minimum absolute atomic E-state index is 0.661. The van der Waals surface area contributed by atoms with Crippen LogP contribution in [-0.4, -0.2) is 6.04 Å². The van der Waals surface area contributed by atoms with Crippen LogP contribution in [0.1, 0.15) is 43.9 Å². The molecule has 0 saturated heterocycles. The molecule has 1 heterocycles. The summed E-state index contributed by atoms with van der Waals surface area (Å²) in [6, 6.07) is 2.79. The summed E-state index contributed by atoms with van der Waals surface area (Å²) in [5.41, 5.74) is 0. The van der Waals surface area contributed by atoms with Crippen molar-refractivity contribution in [3.8, 4) is 0 Å². The maximum absolute atomic E-state index is 3.68. The van der Waals surface area contributed by atoms with Gasteiger partial charge in [-0.15, -0.1) is 11.3 Å².